The molecule has 0 aromatic heterocycles. The highest BCUT2D eigenvalue weighted by Crippen LogP contribution is 2.26. The standard InChI is InChI=1S/C18H24Cl2N4O2/c1-12(17(25)23-21-10-13-6-2-4-8-15(13)19)18(26)24-22-11-14-7-3-5-9-16(14)20/h10-12H,2-9H2,1H3,(H,23,25)(H,24,26). The smallest absolute Gasteiger partial charge is 0.252 e. The van der Waals surface area contributed by atoms with Crippen molar-refractivity contribution in [2.75, 3.05) is 0 Å². The van der Waals surface area contributed by atoms with Crippen LogP contribution in [0.1, 0.15) is 58.3 Å². The van der Waals surface area contributed by atoms with Crippen LogP contribution in [-0.2, 0) is 9.59 Å². The number of hydrogen-bond donors (Lipinski definition) is 2. The van der Waals surface area contributed by atoms with Crippen LogP contribution in [0.25, 0.3) is 0 Å². The minimum atomic E-state index is -0.920. The van der Waals surface area contributed by atoms with E-state index in [-0.39, 0.29) is 0 Å². The van der Waals surface area contributed by atoms with Crippen LogP contribution in [0.2, 0.25) is 0 Å². The summed E-state index contributed by atoms with van der Waals surface area (Å²) in [7, 11) is 0. The lowest BCUT2D eigenvalue weighted by molar-refractivity contribution is -0.134. The maximum atomic E-state index is 12.0. The second-order valence-electron chi connectivity index (χ2n) is 6.46. The van der Waals surface area contributed by atoms with Gasteiger partial charge in [0.05, 0.1) is 12.4 Å². The maximum Gasteiger partial charge on any atom is 0.252 e. The van der Waals surface area contributed by atoms with Crippen LogP contribution in [0.5, 0.6) is 0 Å². The highest BCUT2D eigenvalue weighted by molar-refractivity contribution is 6.31. The lowest BCUT2D eigenvalue weighted by atomic mass is 10.0. The van der Waals surface area contributed by atoms with Crippen molar-refractivity contribution in [2.24, 2.45) is 16.1 Å². The van der Waals surface area contributed by atoms with E-state index < -0.39 is 17.7 Å². The van der Waals surface area contributed by atoms with Gasteiger partial charge in [0.25, 0.3) is 11.8 Å². The summed E-state index contributed by atoms with van der Waals surface area (Å²) in [6, 6.07) is 0. The Bertz CT molecular complexity index is 612. The summed E-state index contributed by atoms with van der Waals surface area (Å²) in [6.45, 7) is 1.50. The predicted octanol–water partition coefficient (Wildman–Crippen LogP) is 3.96. The lowest BCUT2D eigenvalue weighted by Gasteiger charge is -2.13. The number of allylic oxidation sites excluding steroid dienone is 4. The van der Waals surface area contributed by atoms with Gasteiger partial charge in [-0.1, -0.05) is 23.2 Å². The summed E-state index contributed by atoms with van der Waals surface area (Å²) in [5.41, 5.74) is 6.60. The Hall–Kier alpha value is -1.66. The molecule has 0 aromatic rings. The van der Waals surface area contributed by atoms with Crippen LogP contribution in [0, 0.1) is 5.92 Å². The van der Waals surface area contributed by atoms with Crippen LogP contribution in [0.4, 0.5) is 0 Å². The van der Waals surface area contributed by atoms with Crippen molar-refractivity contribution in [3.63, 3.8) is 0 Å². The van der Waals surface area contributed by atoms with Crippen LogP contribution in [0.3, 0.4) is 0 Å². The van der Waals surface area contributed by atoms with Gasteiger partial charge in [0.15, 0.2) is 0 Å². The normalized spacial score (nSPS) is 20.0. The van der Waals surface area contributed by atoms with Gasteiger partial charge in [0, 0.05) is 10.1 Å². The third-order valence-electron chi connectivity index (χ3n) is 4.46. The molecular weight excluding hydrogens is 375 g/mol. The Labute approximate surface area is 163 Å². The molecule has 2 rings (SSSR count). The first-order chi connectivity index (χ1) is 12.5. The van der Waals surface area contributed by atoms with Gasteiger partial charge in [-0.2, -0.15) is 10.2 Å². The van der Waals surface area contributed by atoms with Crippen molar-refractivity contribution in [3.05, 3.63) is 21.2 Å². The summed E-state index contributed by atoms with van der Waals surface area (Å²) in [4.78, 5) is 24.0. The summed E-state index contributed by atoms with van der Waals surface area (Å²) in [5.74, 6) is -1.93. The van der Waals surface area contributed by atoms with Gasteiger partial charge in [-0.05, 0) is 69.4 Å². The summed E-state index contributed by atoms with van der Waals surface area (Å²) >= 11 is 12.3. The molecule has 2 aliphatic carbocycles. The molecule has 2 aliphatic rings. The summed E-state index contributed by atoms with van der Waals surface area (Å²) in [6.07, 6.45) is 10.8. The molecule has 0 atom stereocenters. The van der Waals surface area contributed by atoms with Gasteiger partial charge in [0.2, 0.25) is 0 Å². The third-order valence-corrected chi connectivity index (χ3v) is 5.32. The van der Waals surface area contributed by atoms with E-state index in [0.717, 1.165) is 72.6 Å². The molecule has 2 amide bonds. The van der Waals surface area contributed by atoms with Gasteiger partial charge in [-0.15, -0.1) is 0 Å². The summed E-state index contributed by atoms with van der Waals surface area (Å²) < 4.78 is 0. The number of rotatable bonds is 6. The van der Waals surface area contributed by atoms with Gasteiger partial charge >= 0.3 is 0 Å². The quantitative estimate of drug-likeness (QED) is 0.403. The van der Waals surface area contributed by atoms with E-state index in [0.29, 0.717) is 0 Å². The van der Waals surface area contributed by atoms with Crippen molar-refractivity contribution < 1.29 is 9.59 Å². The van der Waals surface area contributed by atoms with Crippen LogP contribution in [-0.4, -0.2) is 24.2 Å². The molecule has 0 aromatic carbocycles. The fourth-order valence-electron chi connectivity index (χ4n) is 2.71. The zero-order valence-corrected chi connectivity index (χ0v) is 16.4. The zero-order chi connectivity index (χ0) is 18.9. The molecule has 26 heavy (non-hydrogen) atoms. The molecule has 2 N–H and O–H groups in total. The van der Waals surface area contributed by atoms with E-state index in [2.05, 4.69) is 21.1 Å². The molecule has 0 saturated heterocycles. The van der Waals surface area contributed by atoms with E-state index in [4.69, 9.17) is 23.2 Å². The number of nitrogens with one attached hydrogen (secondary N) is 2. The molecule has 0 heterocycles. The SMILES string of the molecule is CC(C(=O)NN=CC1=C(Cl)CCCC1)C(=O)NN=CC1=C(Cl)CCCC1. The molecule has 142 valence electrons. The third kappa shape index (κ3) is 6.25. The number of hydrazone groups is 2. The molecule has 0 unspecified atom stereocenters. The lowest BCUT2D eigenvalue weighted by Crippen LogP contribution is -2.36. The molecule has 8 heteroatoms. The molecule has 6 nitrogen and oxygen atoms in total. The number of nitrogens with zero attached hydrogens (tertiary/aromatic N) is 2. The van der Waals surface area contributed by atoms with Gasteiger partial charge in [-0.25, -0.2) is 10.9 Å². The fourth-order valence-corrected chi connectivity index (χ4v) is 3.27. The molecule has 0 saturated carbocycles. The van der Waals surface area contributed by atoms with Crippen molar-refractivity contribution >= 4 is 47.4 Å². The molecule has 0 aliphatic heterocycles. The Morgan fingerprint density at radius 1 is 0.846 bits per heavy atom. The predicted molar refractivity (Wildman–Crippen MR) is 105 cm³/mol. The highest BCUT2D eigenvalue weighted by atomic mass is 35.5. The van der Waals surface area contributed by atoms with E-state index in [1.807, 2.05) is 0 Å². The first-order valence-corrected chi connectivity index (χ1v) is 9.65. The van der Waals surface area contributed by atoms with Crippen molar-refractivity contribution in [1.82, 2.24) is 10.9 Å². The Balaban J connectivity index is 1.80. The Morgan fingerprint density at radius 2 is 1.23 bits per heavy atom. The largest absolute Gasteiger partial charge is 0.272 e. The number of halogens is 2. The second kappa shape index (κ2) is 10.5. The molecule has 0 spiro atoms. The van der Waals surface area contributed by atoms with E-state index >= 15 is 0 Å². The average molecular weight is 399 g/mol. The van der Waals surface area contributed by atoms with Gasteiger partial charge in [0.1, 0.15) is 5.92 Å². The van der Waals surface area contributed by atoms with Gasteiger partial charge in [-0.3, -0.25) is 9.59 Å². The Morgan fingerprint density at radius 3 is 1.62 bits per heavy atom. The molecule has 0 fully saturated rings. The summed E-state index contributed by atoms with van der Waals surface area (Å²) in [5, 5.41) is 9.37. The van der Waals surface area contributed by atoms with Crippen LogP contribution < -0.4 is 10.9 Å². The Kier molecular flexibility index (Phi) is 8.32. The van der Waals surface area contributed by atoms with E-state index in [1.165, 1.54) is 6.92 Å². The minimum Gasteiger partial charge on any atom is -0.272 e. The first kappa shape index (κ1) is 20.6. The van der Waals surface area contributed by atoms with Gasteiger partial charge < -0.3 is 0 Å². The number of carbonyl (C=O) groups is 2. The second-order valence-corrected chi connectivity index (χ2v) is 7.38. The number of carbonyl (C=O) groups excluding carboxylic acids is 2. The minimum absolute atomic E-state index is 0.503. The average Bonchev–Trinajstić information content (AvgIpc) is 2.64. The zero-order valence-electron chi connectivity index (χ0n) is 14.9. The first-order valence-electron chi connectivity index (χ1n) is 8.90. The monoisotopic (exact) mass is 398 g/mol. The van der Waals surface area contributed by atoms with E-state index in [9.17, 15) is 9.59 Å². The van der Waals surface area contributed by atoms with Crippen LogP contribution in [0.15, 0.2) is 31.4 Å². The molecular formula is C18H24Cl2N4O2. The van der Waals surface area contributed by atoms with Crippen molar-refractivity contribution in [3.8, 4) is 0 Å². The molecule has 0 radical (unpaired) electrons. The topological polar surface area (TPSA) is 82.9 Å². The number of hydrogen-bond acceptors (Lipinski definition) is 4. The maximum absolute atomic E-state index is 12.0. The van der Waals surface area contributed by atoms with Crippen LogP contribution >= 0.6 is 23.2 Å². The van der Waals surface area contributed by atoms with E-state index in [1.54, 1.807) is 12.4 Å². The fraction of sp³-hybridized carbons (Fsp3) is 0.556. The highest BCUT2D eigenvalue weighted by Gasteiger charge is 2.21. The van der Waals surface area contributed by atoms with Crippen molar-refractivity contribution in [1.29, 1.82) is 0 Å². The van der Waals surface area contributed by atoms with Crippen molar-refractivity contribution in [2.45, 2.75) is 58.3 Å². The number of amides is 2. The molecule has 0 bridgehead atoms.